The molecule has 150 valence electrons. The zero-order valence-corrected chi connectivity index (χ0v) is 16.0. The van der Waals surface area contributed by atoms with Crippen LogP contribution < -0.4 is 15.6 Å². The molecule has 1 amide bonds. The maximum Gasteiger partial charge on any atom is 0.267 e. The lowest BCUT2D eigenvalue weighted by atomic mass is 10.1. The molecule has 4 aromatic rings. The van der Waals surface area contributed by atoms with Crippen LogP contribution in [0.1, 0.15) is 0 Å². The van der Waals surface area contributed by atoms with Gasteiger partial charge in [-0.3, -0.25) is 9.59 Å². The number of hydrogen-bond acceptors (Lipinski definition) is 7. The number of aromatic nitrogens is 6. The van der Waals surface area contributed by atoms with Gasteiger partial charge in [0, 0.05) is 30.1 Å². The van der Waals surface area contributed by atoms with Crippen LogP contribution in [0.4, 0.5) is 5.82 Å². The van der Waals surface area contributed by atoms with Gasteiger partial charge in [-0.1, -0.05) is 12.1 Å². The molecule has 10 nitrogen and oxygen atoms in total. The predicted octanol–water partition coefficient (Wildman–Crippen LogP) is 1.53. The minimum atomic E-state index is -0.452. The number of carbonyl (C=O) groups excluding carboxylic acids is 1. The number of benzene rings is 1. The van der Waals surface area contributed by atoms with E-state index in [2.05, 4.69) is 25.5 Å². The van der Waals surface area contributed by atoms with Crippen molar-refractivity contribution < 1.29 is 9.53 Å². The summed E-state index contributed by atoms with van der Waals surface area (Å²) in [6, 6.07) is 13.6. The van der Waals surface area contributed by atoms with Crippen molar-refractivity contribution in [3.8, 4) is 22.8 Å². The molecule has 10 heteroatoms. The molecule has 30 heavy (non-hydrogen) atoms. The number of ether oxygens (including phenoxy) is 1. The number of para-hydroxylation sites is 1. The molecule has 0 fully saturated rings. The van der Waals surface area contributed by atoms with Crippen LogP contribution in [0.2, 0.25) is 0 Å². The summed E-state index contributed by atoms with van der Waals surface area (Å²) < 4.78 is 7.98. The Morgan fingerprint density at radius 1 is 1.13 bits per heavy atom. The highest BCUT2D eigenvalue weighted by Gasteiger charge is 2.12. The standard InChI is InChI=1S/C20H17N7O3/c1-30-16-6-3-2-5-14(16)15-7-8-20(29)27(25-15)12-19(28)24-17-11-18(22-13-21-17)26-10-4-9-23-26/h2-11,13H,12H2,1H3,(H,21,22,24,28). The van der Waals surface area contributed by atoms with Gasteiger partial charge in [-0.25, -0.2) is 19.3 Å². The molecule has 3 aromatic heterocycles. The van der Waals surface area contributed by atoms with Gasteiger partial charge in [0.2, 0.25) is 5.91 Å². The lowest BCUT2D eigenvalue weighted by molar-refractivity contribution is -0.117. The van der Waals surface area contributed by atoms with Crippen molar-refractivity contribution in [1.82, 2.24) is 29.5 Å². The number of nitrogens with one attached hydrogen (secondary N) is 1. The third kappa shape index (κ3) is 4.07. The van der Waals surface area contributed by atoms with Gasteiger partial charge in [0.15, 0.2) is 5.82 Å². The predicted molar refractivity (Wildman–Crippen MR) is 108 cm³/mol. The Hall–Kier alpha value is -4.34. The lowest BCUT2D eigenvalue weighted by Crippen LogP contribution is -2.29. The van der Waals surface area contributed by atoms with E-state index in [1.807, 2.05) is 18.2 Å². The Morgan fingerprint density at radius 3 is 2.80 bits per heavy atom. The van der Waals surface area contributed by atoms with Crippen LogP contribution in [0, 0.1) is 0 Å². The van der Waals surface area contributed by atoms with Crippen LogP contribution in [-0.4, -0.2) is 42.5 Å². The van der Waals surface area contributed by atoms with Crippen molar-refractivity contribution in [3.05, 3.63) is 77.6 Å². The molecule has 0 saturated carbocycles. The Bertz CT molecular complexity index is 1240. The molecule has 0 bridgehead atoms. The van der Waals surface area contributed by atoms with Crippen molar-refractivity contribution in [2.24, 2.45) is 0 Å². The number of hydrogen-bond donors (Lipinski definition) is 1. The lowest BCUT2D eigenvalue weighted by Gasteiger charge is -2.10. The summed E-state index contributed by atoms with van der Waals surface area (Å²) >= 11 is 0. The van der Waals surface area contributed by atoms with E-state index in [0.717, 1.165) is 4.68 Å². The first-order chi connectivity index (χ1) is 14.6. The Kier molecular flexibility index (Phi) is 5.29. The second kappa shape index (κ2) is 8.35. The van der Waals surface area contributed by atoms with Crippen LogP contribution in [-0.2, 0) is 11.3 Å². The topological polar surface area (TPSA) is 117 Å². The molecule has 1 aromatic carbocycles. The van der Waals surface area contributed by atoms with Gasteiger partial charge >= 0.3 is 0 Å². The molecule has 0 saturated heterocycles. The third-order valence-electron chi connectivity index (χ3n) is 4.20. The van der Waals surface area contributed by atoms with Crippen LogP contribution in [0.15, 0.2) is 72.0 Å². The first-order valence-corrected chi connectivity index (χ1v) is 8.97. The Balaban J connectivity index is 1.54. The number of amides is 1. The maximum atomic E-state index is 12.5. The number of nitrogens with zero attached hydrogens (tertiary/aromatic N) is 6. The van der Waals surface area contributed by atoms with E-state index >= 15 is 0 Å². The highest BCUT2D eigenvalue weighted by atomic mass is 16.5. The Morgan fingerprint density at radius 2 is 2.00 bits per heavy atom. The average Bonchev–Trinajstić information content (AvgIpc) is 3.30. The minimum Gasteiger partial charge on any atom is -0.496 e. The normalized spacial score (nSPS) is 10.6. The van der Waals surface area contributed by atoms with E-state index in [1.165, 1.54) is 12.4 Å². The molecule has 4 rings (SSSR count). The van der Waals surface area contributed by atoms with E-state index in [9.17, 15) is 9.59 Å². The fraction of sp³-hybridized carbons (Fsp3) is 0.100. The molecule has 0 atom stereocenters. The molecule has 0 aliphatic carbocycles. The summed E-state index contributed by atoms with van der Waals surface area (Å²) in [7, 11) is 1.56. The van der Waals surface area contributed by atoms with Crippen LogP contribution in [0.25, 0.3) is 17.1 Å². The fourth-order valence-electron chi connectivity index (χ4n) is 2.83. The summed E-state index contributed by atoms with van der Waals surface area (Å²) in [6.07, 6.45) is 4.66. The Labute approximate surface area is 170 Å². The highest BCUT2D eigenvalue weighted by Crippen LogP contribution is 2.27. The number of anilines is 1. The number of rotatable bonds is 6. The molecular formula is C20H17N7O3. The quantitative estimate of drug-likeness (QED) is 0.519. The SMILES string of the molecule is COc1ccccc1-c1ccc(=O)n(CC(=O)Nc2cc(-n3cccn3)ncn2)n1. The van der Waals surface area contributed by atoms with Gasteiger partial charge in [-0.05, 0) is 24.3 Å². The van der Waals surface area contributed by atoms with E-state index in [4.69, 9.17) is 4.74 Å². The smallest absolute Gasteiger partial charge is 0.267 e. The van der Waals surface area contributed by atoms with Crippen molar-refractivity contribution in [1.29, 1.82) is 0 Å². The average molecular weight is 403 g/mol. The van der Waals surface area contributed by atoms with Gasteiger partial charge in [-0.15, -0.1) is 0 Å². The zero-order chi connectivity index (χ0) is 20.9. The summed E-state index contributed by atoms with van der Waals surface area (Å²) in [6.45, 7) is -0.275. The first kappa shape index (κ1) is 19.0. The molecule has 0 radical (unpaired) electrons. The van der Waals surface area contributed by atoms with Crippen molar-refractivity contribution in [3.63, 3.8) is 0 Å². The molecule has 0 unspecified atom stereocenters. The summed E-state index contributed by atoms with van der Waals surface area (Å²) in [4.78, 5) is 32.8. The summed E-state index contributed by atoms with van der Waals surface area (Å²) in [5.74, 6) is 0.951. The highest BCUT2D eigenvalue weighted by molar-refractivity contribution is 5.89. The van der Waals surface area contributed by atoms with Crippen LogP contribution in [0.3, 0.4) is 0 Å². The zero-order valence-electron chi connectivity index (χ0n) is 16.0. The van der Waals surface area contributed by atoms with Gasteiger partial charge in [-0.2, -0.15) is 10.2 Å². The van der Waals surface area contributed by atoms with E-state index in [1.54, 1.807) is 48.5 Å². The third-order valence-corrected chi connectivity index (χ3v) is 4.20. The van der Waals surface area contributed by atoms with E-state index < -0.39 is 11.5 Å². The summed E-state index contributed by atoms with van der Waals surface area (Å²) in [5.41, 5.74) is 0.834. The van der Waals surface area contributed by atoms with Crippen molar-refractivity contribution in [2.75, 3.05) is 12.4 Å². The van der Waals surface area contributed by atoms with Crippen molar-refractivity contribution >= 4 is 11.7 Å². The summed E-state index contributed by atoms with van der Waals surface area (Å²) in [5, 5.41) is 11.0. The van der Waals surface area contributed by atoms with Gasteiger partial charge < -0.3 is 10.1 Å². The fourth-order valence-corrected chi connectivity index (χ4v) is 2.83. The van der Waals surface area contributed by atoms with E-state index in [-0.39, 0.29) is 12.4 Å². The number of carbonyl (C=O) groups is 1. The molecule has 1 N–H and O–H groups in total. The van der Waals surface area contributed by atoms with Crippen molar-refractivity contribution in [2.45, 2.75) is 6.54 Å². The van der Waals surface area contributed by atoms with Gasteiger partial charge in [0.05, 0.1) is 12.8 Å². The first-order valence-electron chi connectivity index (χ1n) is 8.97. The monoisotopic (exact) mass is 403 g/mol. The minimum absolute atomic E-state index is 0.275. The second-order valence-electron chi connectivity index (χ2n) is 6.17. The molecular weight excluding hydrogens is 386 g/mol. The molecule has 3 heterocycles. The molecule has 0 spiro atoms. The van der Waals surface area contributed by atoms with Gasteiger partial charge in [0.1, 0.15) is 24.4 Å². The van der Waals surface area contributed by atoms with Gasteiger partial charge in [0.25, 0.3) is 5.56 Å². The largest absolute Gasteiger partial charge is 0.496 e. The van der Waals surface area contributed by atoms with E-state index in [0.29, 0.717) is 22.8 Å². The second-order valence-corrected chi connectivity index (χ2v) is 6.17. The maximum absolute atomic E-state index is 12.5. The molecule has 0 aliphatic rings. The number of methoxy groups -OCH3 is 1. The van der Waals surface area contributed by atoms with Crippen LogP contribution in [0.5, 0.6) is 5.75 Å². The van der Waals surface area contributed by atoms with Crippen LogP contribution >= 0.6 is 0 Å². The molecule has 0 aliphatic heterocycles.